The zero-order valence-electron chi connectivity index (χ0n) is 13.4. The number of rotatable bonds is 6. The number of benzene rings is 3. The van der Waals surface area contributed by atoms with Crippen molar-refractivity contribution in [2.45, 2.75) is 17.4 Å². The van der Waals surface area contributed by atoms with Gasteiger partial charge in [0.15, 0.2) is 0 Å². The van der Waals surface area contributed by atoms with E-state index in [0.29, 0.717) is 5.56 Å². The molecule has 3 aromatic carbocycles. The molecule has 3 rings (SSSR count). The third kappa shape index (κ3) is 4.04. The van der Waals surface area contributed by atoms with Crippen LogP contribution in [0.15, 0.2) is 77.7 Å². The predicted molar refractivity (Wildman–Crippen MR) is 97.3 cm³/mol. The summed E-state index contributed by atoms with van der Waals surface area (Å²) in [7, 11) is -3.80. The summed E-state index contributed by atoms with van der Waals surface area (Å²) in [5.74, 6) is -0.574. The van der Waals surface area contributed by atoms with E-state index in [9.17, 15) is 13.2 Å². The van der Waals surface area contributed by atoms with Crippen LogP contribution in [-0.2, 0) is 14.8 Å². The Hall–Kier alpha value is -2.70. The second kappa shape index (κ2) is 7.04. The van der Waals surface area contributed by atoms with Gasteiger partial charge < -0.3 is 5.73 Å². The van der Waals surface area contributed by atoms with E-state index in [1.165, 1.54) is 0 Å². The van der Waals surface area contributed by atoms with Crippen LogP contribution >= 0.6 is 0 Å². The highest BCUT2D eigenvalue weighted by Crippen LogP contribution is 2.23. The Morgan fingerprint density at radius 1 is 0.920 bits per heavy atom. The van der Waals surface area contributed by atoms with Crippen molar-refractivity contribution in [3.05, 3.63) is 78.4 Å². The molecule has 0 saturated heterocycles. The molecule has 128 valence electrons. The van der Waals surface area contributed by atoms with Crippen molar-refractivity contribution in [3.8, 4) is 0 Å². The predicted octanol–water partition coefficient (Wildman–Crippen LogP) is 2.73. The minimum atomic E-state index is -3.80. The number of nitrogens with one attached hydrogen (secondary N) is 1. The van der Waals surface area contributed by atoms with Gasteiger partial charge in [-0.1, -0.05) is 60.7 Å². The molecular weight excluding hydrogens is 336 g/mol. The molecule has 0 aromatic heterocycles. The Labute approximate surface area is 146 Å². The maximum Gasteiger partial charge on any atom is 0.241 e. The van der Waals surface area contributed by atoms with E-state index in [4.69, 9.17) is 5.73 Å². The summed E-state index contributed by atoms with van der Waals surface area (Å²) in [5.41, 5.74) is 5.97. The molecule has 5 nitrogen and oxygen atoms in total. The van der Waals surface area contributed by atoms with Crippen molar-refractivity contribution in [1.82, 2.24) is 4.72 Å². The van der Waals surface area contributed by atoms with E-state index < -0.39 is 22.0 Å². The molecule has 25 heavy (non-hydrogen) atoms. The number of primary amides is 1. The minimum absolute atomic E-state index is 0.114. The van der Waals surface area contributed by atoms with Crippen LogP contribution in [0.25, 0.3) is 10.8 Å². The smallest absolute Gasteiger partial charge is 0.241 e. The number of amides is 1. The largest absolute Gasteiger partial charge is 0.370 e. The molecule has 1 unspecified atom stereocenters. The molecule has 0 fully saturated rings. The van der Waals surface area contributed by atoms with E-state index in [-0.39, 0.29) is 11.3 Å². The van der Waals surface area contributed by atoms with Gasteiger partial charge in [0, 0.05) is 6.42 Å². The molecule has 1 atom stereocenters. The SMILES string of the molecule is NC(=O)CC(NS(=O)(=O)c1ccc2ccccc2c1)c1ccccc1. The first-order chi connectivity index (χ1) is 12.0. The molecule has 0 aliphatic heterocycles. The number of hydrogen-bond acceptors (Lipinski definition) is 3. The fraction of sp³-hybridized carbons (Fsp3) is 0.105. The molecule has 1 amide bonds. The van der Waals surface area contributed by atoms with Crippen LogP contribution < -0.4 is 10.5 Å². The highest BCUT2D eigenvalue weighted by molar-refractivity contribution is 7.89. The maximum atomic E-state index is 12.8. The number of carbonyl (C=O) groups is 1. The van der Waals surface area contributed by atoms with Gasteiger partial charge in [-0.25, -0.2) is 13.1 Å². The van der Waals surface area contributed by atoms with Gasteiger partial charge in [0.2, 0.25) is 15.9 Å². The van der Waals surface area contributed by atoms with E-state index in [2.05, 4.69) is 4.72 Å². The van der Waals surface area contributed by atoms with Crippen molar-refractivity contribution in [1.29, 1.82) is 0 Å². The highest BCUT2D eigenvalue weighted by Gasteiger charge is 2.23. The lowest BCUT2D eigenvalue weighted by atomic mass is 10.1. The Morgan fingerprint density at radius 2 is 1.56 bits per heavy atom. The van der Waals surface area contributed by atoms with Crippen molar-refractivity contribution >= 4 is 26.7 Å². The van der Waals surface area contributed by atoms with Crippen molar-refractivity contribution in [3.63, 3.8) is 0 Å². The third-order valence-corrected chi connectivity index (χ3v) is 5.41. The first kappa shape index (κ1) is 17.1. The van der Waals surface area contributed by atoms with Crippen LogP contribution in [0.5, 0.6) is 0 Å². The molecule has 0 spiro atoms. The average molecular weight is 354 g/mol. The second-order valence-electron chi connectivity index (χ2n) is 5.76. The summed E-state index contributed by atoms with van der Waals surface area (Å²) in [6, 6.07) is 20.6. The number of sulfonamides is 1. The van der Waals surface area contributed by atoms with Gasteiger partial charge in [0.25, 0.3) is 0 Å². The van der Waals surface area contributed by atoms with Crippen LogP contribution in [0, 0.1) is 0 Å². The van der Waals surface area contributed by atoms with E-state index in [0.717, 1.165) is 10.8 Å². The van der Waals surface area contributed by atoms with Crippen LogP contribution in [0.1, 0.15) is 18.0 Å². The van der Waals surface area contributed by atoms with Gasteiger partial charge in [0.1, 0.15) is 0 Å². The zero-order valence-corrected chi connectivity index (χ0v) is 14.2. The second-order valence-corrected chi connectivity index (χ2v) is 7.48. The van der Waals surface area contributed by atoms with Crippen LogP contribution in [0.4, 0.5) is 0 Å². The van der Waals surface area contributed by atoms with Gasteiger partial charge >= 0.3 is 0 Å². The fourth-order valence-corrected chi connectivity index (χ4v) is 3.96. The van der Waals surface area contributed by atoms with Gasteiger partial charge in [-0.05, 0) is 28.5 Å². The van der Waals surface area contributed by atoms with Gasteiger partial charge in [0.05, 0.1) is 10.9 Å². The van der Waals surface area contributed by atoms with Gasteiger partial charge in [-0.15, -0.1) is 0 Å². The van der Waals surface area contributed by atoms with Crippen molar-refractivity contribution in [2.75, 3.05) is 0 Å². The summed E-state index contributed by atoms with van der Waals surface area (Å²) in [6.07, 6.45) is -0.114. The normalized spacial score (nSPS) is 12.8. The number of nitrogens with two attached hydrogens (primary N) is 1. The summed E-state index contributed by atoms with van der Waals surface area (Å²) < 4.78 is 28.1. The average Bonchev–Trinajstić information content (AvgIpc) is 2.61. The van der Waals surface area contributed by atoms with Gasteiger partial charge in [-0.3, -0.25) is 4.79 Å². The van der Waals surface area contributed by atoms with Crippen LogP contribution in [0.2, 0.25) is 0 Å². The Kier molecular flexibility index (Phi) is 4.83. The lowest BCUT2D eigenvalue weighted by molar-refractivity contribution is -0.118. The number of hydrogen-bond donors (Lipinski definition) is 2. The summed E-state index contributed by atoms with van der Waals surface area (Å²) in [4.78, 5) is 11.5. The zero-order chi connectivity index (χ0) is 17.9. The molecule has 0 radical (unpaired) electrons. The molecule has 0 heterocycles. The highest BCUT2D eigenvalue weighted by atomic mass is 32.2. The molecule has 0 bridgehead atoms. The molecule has 3 aromatic rings. The first-order valence-corrected chi connectivity index (χ1v) is 9.28. The lowest BCUT2D eigenvalue weighted by Crippen LogP contribution is -2.31. The topological polar surface area (TPSA) is 89.3 Å². The Balaban J connectivity index is 1.95. The standard InChI is InChI=1S/C19H18N2O3S/c20-19(22)13-18(15-7-2-1-3-8-15)21-25(23,24)17-11-10-14-6-4-5-9-16(14)12-17/h1-12,18,21H,13H2,(H2,20,22). The quantitative estimate of drug-likeness (QED) is 0.713. The molecule has 6 heteroatoms. The lowest BCUT2D eigenvalue weighted by Gasteiger charge is -2.18. The number of fused-ring (bicyclic) bond motifs is 1. The van der Waals surface area contributed by atoms with Crippen molar-refractivity contribution < 1.29 is 13.2 Å². The van der Waals surface area contributed by atoms with E-state index >= 15 is 0 Å². The molecule has 0 aliphatic carbocycles. The van der Waals surface area contributed by atoms with Crippen LogP contribution in [-0.4, -0.2) is 14.3 Å². The van der Waals surface area contributed by atoms with Gasteiger partial charge in [-0.2, -0.15) is 0 Å². The monoisotopic (exact) mass is 354 g/mol. The van der Waals surface area contributed by atoms with E-state index in [1.807, 2.05) is 30.3 Å². The number of carbonyl (C=O) groups excluding carboxylic acids is 1. The fourth-order valence-electron chi connectivity index (χ4n) is 2.70. The Morgan fingerprint density at radius 3 is 2.24 bits per heavy atom. The van der Waals surface area contributed by atoms with Crippen LogP contribution in [0.3, 0.4) is 0 Å². The summed E-state index contributed by atoms with van der Waals surface area (Å²) >= 11 is 0. The summed E-state index contributed by atoms with van der Waals surface area (Å²) in [5, 5.41) is 1.79. The van der Waals surface area contributed by atoms with E-state index in [1.54, 1.807) is 42.5 Å². The third-order valence-electron chi connectivity index (χ3n) is 3.94. The molecular formula is C19H18N2O3S. The van der Waals surface area contributed by atoms with Crippen molar-refractivity contribution in [2.24, 2.45) is 5.73 Å². The Bertz CT molecular complexity index is 1000. The molecule has 0 saturated carbocycles. The molecule has 0 aliphatic rings. The first-order valence-electron chi connectivity index (χ1n) is 7.80. The molecule has 3 N–H and O–H groups in total. The maximum absolute atomic E-state index is 12.8. The summed E-state index contributed by atoms with van der Waals surface area (Å²) in [6.45, 7) is 0. The minimum Gasteiger partial charge on any atom is -0.370 e.